The molecule has 104 valence electrons. The summed E-state index contributed by atoms with van der Waals surface area (Å²) in [4.78, 5) is 11.1. The Morgan fingerprint density at radius 2 is 1.90 bits per heavy atom. The van der Waals surface area contributed by atoms with Gasteiger partial charge in [0.2, 0.25) is 0 Å². The van der Waals surface area contributed by atoms with Crippen molar-refractivity contribution in [3.8, 4) is 16.9 Å². The molecule has 0 saturated carbocycles. The van der Waals surface area contributed by atoms with Gasteiger partial charge in [-0.2, -0.15) is 0 Å². The van der Waals surface area contributed by atoms with Crippen molar-refractivity contribution >= 4 is 6.29 Å². The number of hydrogen-bond donors (Lipinski definition) is 0. The van der Waals surface area contributed by atoms with Gasteiger partial charge >= 0.3 is 0 Å². The second-order valence-corrected chi connectivity index (χ2v) is 4.65. The lowest BCUT2D eigenvalue weighted by molar-refractivity contribution is 0.112. The smallest absolute Gasteiger partial charge is 0.150 e. The number of aldehydes is 1. The Bertz CT molecular complexity index is 715. The Labute approximate surface area is 122 Å². The molecular weight excluding hydrogens is 264 g/mol. The summed E-state index contributed by atoms with van der Waals surface area (Å²) in [5, 5.41) is 0. The van der Waals surface area contributed by atoms with Crippen molar-refractivity contribution in [2.45, 2.75) is 6.61 Å². The van der Waals surface area contributed by atoms with Gasteiger partial charge < -0.3 is 9.15 Å². The molecule has 0 aliphatic carbocycles. The van der Waals surface area contributed by atoms with E-state index in [4.69, 9.17) is 9.15 Å². The molecule has 3 aromatic rings. The lowest BCUT2D eigenvalue weighted by atomic mass is 10.0. The van der Waals surface area contributed by atoms with Gasteiger partial charge in [0.05, 0.1) is 12.5 Å². The second kappa shape index (κ2) is 6.09. The molecule has 0 saturated heterocycles. The molecule has 0 amide bonds. The van der Waals surface area contributed by atoms with Crippen LogP contribution in [0.3, 0.4) is 0 Å². The fraction of sp³-hybridized carbons (Fsp3) is 0.0556. The average Bonchev–Trinajstić information content (AvgIpc) is 3.08. The van der Waals surface area contributed by atoms with E-state index in [0.717, 1.165) is 28.7 Å². The zero-order chi connectivity index (χ0) is 14.5. The van der Waals surface area contributed by atoms with Crippen LogP contribution in [0.4, 0.5) is 0 Å². The molecule has 21 heavy (non-hydrogen) atoms. The number of rotatable bonds is 5. The molecule has 0 N–H and O–H groups in total. The summed E-state index contributed by atoms with van der Waals surface area (Å²) in [5.74, 6) is 0.723. The molecule has 0 bridgehead atoms. The third-order valence-corrected chi connectivity index (χ3v) is 3.23. The van der Waals surface area contributed by atoms with Crippen molar-refractivity contribution in [3.05, 3.63) is 78.3 Å². The fourth-order valence-corrected chi connectivity index (χ4v) is 2.14. The van der Waals surface area contributed by atoms with Crippen molar-refractivity contribution in [2.24, 2.45) is 0 Å². The minimum absolute atomic E-state index is 0.492. The van der Waals surface area contributed by atoms with E-state index in [0.29, 0.717) is 12.2 Å². The standard InChI is InChI=1S/C18H14O3/c19-11-15-6-7-17(10-18(15)16-8-9-20-13-16)21-12-14-4-2-1-3-5-14/h1-11,13H,12H2. The average molecular weight is 278 g/mol. The molecule has 2 aromatic carbocycles. The molecule has 1 aromatic heterocycles. The van der Waals surface area contributed by atoms with E-state index in [2.05, 4.69) is 0 Å². The molecule has 3 rings (SSSR count). The van der Waals surface area contributed by atoms with Gasteiger partial charge in [0.1, 0.15) is 12.4 Å². The number of ether oxygens (including phenoxy) is 1. The molecule has 0 spiro atoms. The first-order valence-corrected chi connectivity index (χ1v) is 6.65. The molecular formula is C18H14O3. The monoisotopic (exact) mass is 278 g/mol. The van der Waals surface area contributed by atoms with Crippen molar-refractivity contribution in [3.63, 3.8) is 0 Å². The van der Waals surface area contributed by atoms with Gasteiger partial charge in [-0.25, -0.2) is 0 Å². The van der Waals surface area contributed by atoms with E-state index in [1.807, 2.05) is 42.5 Å². The number of carbonyl (C=O) groups is 1. The van der Waals surface area contributed by atoms with Gasteiger partial charge in [0.15, 0.2) is 6.29 Å². The number of carbonyl (C=O) groups excluding carboxylic acids is 1. The van der Waals surface area contributed by atoms with Crippen LogP contribution in [0.15, 0.2) is 71.5 Å². The van der Waals surface area contributed by atoms with E-state index in [9.17, 15) is 4.79 Å². The van der Waals surface area contributed by atoms with Gasteiger partial charge in [-0.15, -0.1) is 0 Å². The maximum absolute atomic E-state index is 11.1. The first kappa shape index (κ1) is 13.2. The van der Waals surface area contributed by atoms with Crippen LogP contribution in [0.25, 0.3) is 11.1 Å². The van der Waals surface area contributed by atoms with Gasteiger partial charge in [-0.05, 0) is 35.4 Å². The Balaban J connectivity index is 1.84. The second-order valence-electron chi connectivity index (χ2n) is 4.65. The van der Waals surface area contributed by atoms with Gasteiger partial charge in [0, 0.05) is 11.1 Å². The first-order valence-electron chi connectivity index (χ1n) is 6.65. The van der Waals surface area contributed by atoms with E-state index in [1.165, 1.54) is 0 Å². The van der Waals surface area contributed by atoms with E-state index in [-0.39, 0.29) is 0 Å². The molecule has 0 aliphatic rings. The van der Waals surface area contributed by atoms with Crippen LogP contribution in [-0.4, -0.2) is 6.29 Å². The normalized spacial score (nSPS) is 10.3. The van der Waals surface area contributed by atoms with Gasteiger partial charge in [-0.3, -0.25) is 4.79 Å². The Morgan fingerprint density at radius 3 is 2.62 bits per heavy atom. The fourth-order valence-electron chi connectivity index (χ4n) is 2.14. The SMILES string of the molecule is O=Cc1ccc(OCc2ccccc2)cc1-c1ccoc1. The molecule has 0 unspecified atom stereocenters. The maximum atomic E-state index is 11.1. The Kier molecular flexibility index (Phi) is 3.83. The van der Waals surface area contributed by atoms with Crippen LogP contribution in [0.2, 0.25) is 0 Å². The van der Waals surface area contributed by atoms with Crippen LogP contribution in [-0.2, 0) is 6.61 Å². The van der Waals surface area contributed by atoms with Crippen molar-refractivity contribution in [2.75, 3.05) is 0 Å². The van der Waals surface area contributed by atoms with Crippen LogP contribution in [0, 0.1) is 0 Å². The summed E-state index contributed by atoms with van der Waals surface area (Å²) in [6.07, 6.45) is 4.04. The van der Waals surface area contributed by atoms with E-state index in [1.54, 1.807) is 24.7 Å². The van der Waals surface area contributed by atoms with Crippen LogP contribution in [0.1, 0.15) is 15.9 Å². The summed E-state index contributed by atoms with van der Waals surface area (Å²) in [6.45, 7) is 0.492. The quantitative estimate of drug-likeness (QED) is 0.652. The molecule has 3 nitrogen and oxygen atoms in total. The third-order valence-electron chi connectivity index (χ3n) is 3.23. The van der Waals surface area contributed by atoms with Crippen LogP contribution in [0.5, 0.6) is 5.75 Å². The highest BCUT2D eigenvalue weighted by molar-refractivity contribution is 5.87. The highest BCUT2D eigenvalue weighted by Crippen LogP contribution is 2.28. The van der Waals surface area contributed by atoms with E-state index >= 15 is 0 Å². The topological polar surface area (TPSA) is 39.4 Å². The zero-order valence-corrected chi connectivity index (χ0v) is 11.4. The summed E-state index contributed by atoms with van der Waals surface area (Å²) in [5.41, 5.74) is 3.39. The molecule has 0 aliphatic heterocycles. The summed E-state index contributed by atoms with van der Waals surface area (Å²) in [6, 6.07) is 17.2. The lowest BCUT2D eigenvalue weighted by Crippen LogP contribution is -1.96. The summed E-state index contributed by atoms with van der Waals surface area (Å²) in [7, 11) is 0. The molecule has 0 atom stereocenters. The predicted molar refractivity (Wildman–Crippen MR) is 80.3 cm³/mol. The largest absolute Gasteiger partial charge is 0.489 e. The first-order chi connectivity index (χ1) is 10.4. The molecule has 0 radical (unpaired) electrons. The minimum atomic E-state index is 0.492. The lowest BCUT2D eigenvalue weighted by Gasteiger charge is -2.09. The molecule has 0 fully saturated rings. The van der Waals surface area contributed by atoms with Gasteiger partial charge in [0.25, 0.3) is 0 Å². The van der Waals surface area contributed by atoms with Gasteiger partial charge in [-0.1, -0.05) is 30.3 Å². The number of benzene rings is 2. The highest BCUT2D eigenvalue weighted by atomic mass is 16.5. The Hall–Kier alpha value is -2.81. The van der Waals surface area contributed by atoms with Crippen molar-refractivity contribution in [1.82, 2.24) is 0 Å². The van der Waals surface area contributed by atoms with Crippen LogP contribution < -0.4 is 4.74 Å². The van der Waals surface area contributed by atoms with Crippen LogP contribution >= 0.6 is 0 Å². The molecule has 3 heteroatoms. The molecule has 1 heterocycles. The minimum Gasteiger partial charge on any atom is -0.489 e. The van der Waals surface area contributed by atoms with Crippen molar-refractivity contribution < 1.29 is 13.9 Å². The van der Waals surface area contributed by atoms with Crippen molar-refractivity contribution in [1.29, 1.82) is 0 Å². The Morgan fingerprint density at radius 1 is 1.05 bits per heavy atom. The summed E-state index contributed by atoms with van der Waals surface area (Å²) >= 11 is 0. The predicted octanol–water partition coefficient (Wildman–Crippen LogP) is 4.34. The maximum Gasteiger partial charge on any atom is 0.150 e. The summed E-state index contributed by atoms with van der Waals surface area (Å²) < 4.78 is 10.9. The number of hydrogen-bond acceptors (Lipinski definition) is 3. The number of furan rings is 1. The van der Waals surface area contributed by atoms with E-state index < -0.39 is 0 Å². The third kappa shape index (κ3) is 3.03. The zero-order valence-electron chi connectivity index (χ0n) is 11.4. The highest BCUT2D eigenvalue weighted by Gasteiger charge is 2.08.